The molecule has 1 N–H and O–H groups in total. The van der Waals surface area contributed by atoms with Crippen molar-refractivity contribution in [2.75, 3.05) is 4.42 Å². The summed E-state index contributed by atoms with van der Waals surface area (Å²) in [5.41, 5.74) is -2.89. The third-order valence-corrected chi connectivity index (χ3v) is 3.79. The van der Waals surface area contributed by atoms with Crippen molar-refractivity contribution >= 4 is 23.5 Å². The number of hydrogen-bond donors (Lipinski definition) is 1. The van der Waals surface area contributed by atoms with Crippen molar-refractivity contribution in [2.45, 2.75) is 24.6 Å². The summed E-state index contributed by atoms with van der Waals surface area (Å²) in [5.74, 6) is 4.83. The minimum absolute atomic E-state index is 0.00895. The van der Waals surface area contributed by atoms with Gasteiger partial charge in [-0.2, -0.15) is 13.2 Å². The first kappa shape index (κ1) is 14.1. The van der Waals surface area contributed by atoms with Crippen LogP contribution in [0.5, 0.6) is 0 Å². The molecule has 1 saturated carbocycles. The summed E-state index contributed by atoms with van der Waals surface area (Å²) in [6, 6.07) is 4.57. The van der Waals surface area contributed by atoms with Gasteiger partial charge in [-0.15, -0.1) is 0 Å². The highest BCUT2D eigenvalue weighted by atomic mass is 35.5. The molecule has 1 aliphatic carbocycles. The first-order chi connectivity index (χ1) is 9.85. The topological polar surface area (TPSA) is 32.3 Å². The van der Waals surface area contributed by atoms with Crippen LogP contribution in [0.2, 0.25) is 0 Å². The average molecular weight is 315 g/mol. The highest BCUT2D eigenvalue weighted by Gasteiger charge is 2.60. The van der Waals surface area contributed by atoms with E-state index in [2.05, 4.69) is 11.8 Å². The number of alkyl halides is 3. The lowest BCUT2D eigenvalue weighted by molar-refractivity contribution is -0.178. The van der Waals surface area contributed by atoms with Gasteiger partial charge in [0, 0.05) is 23.3 Å². The van der Waals surface area contributed by atoms with E-state index >= 15 is 0 Å². The molecular weight excluding hydrogens is 305 g/mol. The number of carbonyl (C=O) groups excluding carboxylic acids is 1. The van der Waals surface area contributed by atoms with Crippen molar-refractivity contribution in [3.63, 3.8) is 0 Å². The number of fused-ring (bicyclic) bond motifs is 1. The van der Waals surface area contributed by atoms with Crippen molar-refractivity contribution in [3.8, 4) is 11.8 Å². The van der Waals surface area contributed by atoms with Crippen LogP contribution in [0.3, 0.4) is 0 Å². The molecule has 0 radical (unpaired) electrons. The van der Waals surface area contributed by atoms with Crippen molar-refractivity contribution < 1.29 is 18.0 Å². The number of halogens is 4. The molecule has 7 heteroatoms. The zero-order chi connectivity index (χ0) is 15.3. The molecule has 0 spiro atoms. The molecule has 0 saturated heterocycles. The Hall–Kier alpha value is -1.87. The fraction of sp³-hybridized carbons (Fsp3) is 0.357. The van der Waals surface area contributed by atoms with E-state index in [1.165, 1.54) is 24.3 Å². The van der Waals surface area contributed by atoms with Crippen LogP contribution in [0.15, 0.2) is 24.3 Å². The lowest BCUT2D eigenvalue weighted by Crippen LogP contribution is -2.60. The Kier molecular flexibility index (Phi) is 3.06. The van der Waals surface area contributed by atoms with Gasteiger partial charge in [0.25, 0.3) is 0 Å². The molecule has 21 heavy (non-hydrogen) atoms. The number of nitrogens with one attached hydrogen (secondary N) is 1. The second-order valence-electron chi connectivity index (χ2n) is 5.02. The maximum atomic E-state index is 13.7. The summed E-state index contributed by atoms with van der Waals surface area (Å²) in [4.78, 5) is 11.8. The number of carbonyl (C=O) groups is 1. The molecule has 1 heterocycles. The van der Waals surface area contributed by atoms with Gasteiger partial charge >= 0.3 is 12.2 Å². The Morgan fingerprint density at radius 2 is 2.00 bits per heavy atom. The minimum Gasteiger partial charge on any atom is -0.309 e. The third kappa shape index (κ3) is 2.22. The van der Waals surface area contributed by atoms with Gasteiger partial charge < -0.3 is 5.32 Å². The predicted molar refractivity (Wildman–Crippen MR) is 71.5 cm³/mol. The summed E-state index contributed by atoms with van der Waals surface area (Å²) in [7, 11) is 0. The van der Waals surface area contributed by atoms with Crippen molar-refractivity contribution in [2.24, 2.45) is 5.92 Å². The molecule has 3 rings (SSSR count). The molecular formula is C14H10ClF3N2O. The number of para-hydroxylation sites is 1. The van der Waals surface area contributed by atoms with Gasteiger partial charge in [0.05, 0.1) is 5.69 Å². The number of nitrogens with zero attached hydrogens (tertiary/aromatic N) is 1. The minimum atomic E-state index is -4.75. The molecule has 0 aromatic heterocycles. The van der Waals surface area contributed by atoms with Gasteiger partial charge in [-0.3, -0.25) is 0 Å². The SMILES string of the molecule is O=C1NC(C#CC2CC2)(C(F)(F)F)c2ccccc2N1Cl. The summed E-state index contributed by atoms with van der Waals surface area (Å²) < 4.78 is 41.6. The quantitative estimate of drug-likeness (QED) is 0.576. The first-order valence-corrected chi connectivity index (χ1v) is 6.66. The molecule has 2 amide bonds. The van der Waals surface area contributed by atoms with E-state index in [4.69, 9.17) is 11.8 Å². The highest BCUT2D eigenvalue weighted by molar-refractivity contribution is 6.37. The Morgan fingerprint density at radius 1 is 1.33 bits per heavy atom. The maximum absolute atomic E-state index is 13.7. The average Bonchev–Trinajstić information content (AvgIpc) is 3.24. The molecule has 1 aromatic rings. The molecule has 0 bridgehead atoms. The largest absolute Gasteiger partial charge is 0.427 e. The van der Waals surface area contributed by atoms with E-state index in [0.717, 1.165) is 12.8 Å². The van der Waals surface area contributed by atoms with Crippen LogP contribution in [0.4, 0.5) is 23.7 Å². The zero-order valence-corrected chi connectivity index (χ0v) is 11.4. The molecule has 1 aromatic carbocycles. The molecule has 110 valence electrons. The Balaban J connectivity index is 2.22. The first-order valence-electron chi connectivity index (χ1n) is 6.32. The van der Waals surface area contributed by atoms with Crippen LogP contribution < -0.4 is 9.74 Å². The van der Waals surface area contributed by atoms with Crippen LogP contribution in [0, 0.1) is 17.8 Å². The summed E-state index contributed by atoms with van der Waals surface area (Å²) in [5, 5.41) is 1.92. The molecule has 2 aliphatic rings. The fourth-order valence-corrected chi connectivity index (χ4v) is 2.37. The lowest BCUT2D eigenvalue weighted by Gasteiger charge is -2.39. The number of hydrogen-bond acceptors (Lipinski definition) is 1. The van der Waals surface area contributed by atoms with Crippen LogP contribution >= 0.6 is 11.8 Å². The molecule has 1 aliphatic heterocycles. The predicted octanol–water partition coefficient (Wildman–Crippen LogP) is 3.54. The van der Waals surface area contributed by atoms with Crippen molar-refractivity contribution in [1.82, 2.24) is 5.32 Å². The van der Waals surface area contributed by atoms with E-state index < -0.39 is 17.7 Å². The van der Waals surface area contributed by atoms with E-state index in [1.54, 1.807) is 0 Å². The number of anilines is 1. The molecule has 1 atom stereocenters. The lowest BCUT2D eigenvalue weighted by atomic mass is 9.86. The molecule has 1 fully saturated rings. The van der Waals surface area contributed by atoms with Gasteiger partial charge in [0.15, 0.2) is 0 Å². The summed E-state index contributed by atoms with van der Waals surface area (Å²) >= 11 is 5.76. The van der Waals surface area contributed by atoms with Gasteiger partial charge in [0.2, 0.25) is 5.54 Å². The highest BCUT2D eigenvalue weighted by Crippen LogP contribution is 2.46. The van der Waals surface area contributed by atoms with Crippen molar-refractivity contribution in [1.29, 1.82) is 0 Å². The van der Waals surface area contributed by atoms with Gasteiger partial charge in [0.1, 0.15) is 0 Å². The number of amides is 2. The Bertz CT molecular complexity index is 660. The van der Waals surface area contributed by atoms with Crippen LogP contribution in [0.25, 0.3) is 0 Å². The second kappa shape index (κ2) is 4.57. The van der Waals surface area contributed by atoms with E-state index in [9.17, 15) is 18.0 Å². The van der Waals surface area contributed by atoms with Crippen molar-refractivity contribution in [3.05, 3.63) is 29.8 Å². The van der Waals surface area contributed by atoms with Crippen LogP contribution in [0.1, 0.15) is 18.4 Å². The monoisotopic (exact) mass is 314 g/mol. The normalized spacial score (nSPS) is 24.8. The third-order valence-electron chi connectivity index (χ3n) is 3.46. The van der Waals surface area contributed by atoms with Gasteiger partial charge in [-0.05, 0) is 18.9 Å². The standard InChI is InChI=1S/C14H10ClF3N2O/c15-20-11-4-2-1-3-10(11)13(14(16,17)18,19-12(20)21)8-7-9-5-6-9/h1-4,9H,5-6H2,(H,19,21). The fourth-order valence-electron chi connectivity index (χ4n) is 2.18. The molecule has 3 nitrogen and oxygen atoms in total. The van der Waals surface area contributed by atoms with E-state index in [1.807, 2.05) is 5.32 Å². The Labute approximate surface area is 124 Å². The van der Waals surface area contributed by atoms with Crippen LogP contribution in [-0.4, -0.2) is 12.2 Å². The van der Waals surface area contributed by atoms with E-state index in [0.29, 0.717) is 4.42 Å². The summed E-state index contributed by atoms with van der Waals surface area (Å²) in [6.45, 7) is 0. The smallest absolute Gasteiger partial charge is 0.309 e. The second-order valence-corrected chi connectivity index (χ2v) is 5.36. The van der Waals surface area contributed by atoms with Crippen LogP contribution in [-0.2, 0) is 5.54 Å². The summed E-state index contributed by atoms with van der Waals surface area (Å²) in [6.07, 6.45) is -3.17. The zero-order valence-electron chi connectivity index (χ0n) is 10.7. The van der Waals surface area contributed by atoms with Gasteiger partial charge in [-0.1, -0.05) is 30.0 Å². The number of benzene rings is 1. The maximum Gasteiger partial charge on any atom is 0.427 e. The molecule has 1 unspecified atom stereocenters. The van der Waals surface area contributed by atoms with E-state index in [-0.39, 0.29) is 17.2 Å². The Morgan fingerprint density at radius 3 is 2.62 bits per heavy atom. The van der Waals surface area contributed by atoms with Gasteiger partial charge in [-0.25, -0.2) is 9.21 Å². The number of urea groups is 1. The number of rotatable bonds is 0.